The third-order valence-electron chi connectivity index (χ3n) is 1.88. The average Bonchev–Trinajstić information content (AvgIpc) is 2.30. The molecule has 0 N–H and O–H groups in total. The lowest BCUT2D eigenvalue weighted by Gasteiger charge is -2.01. The van der Waals surface area contributed by atoms with Crippen LogP contribution in [0.25, 0.3) is 6.08 Å². The van der Waals surface area contributed by atoms with Gasteiger partial charge in [0, 0.05) is 0 Å². The fraction of sp³-hybridized carbons (Fsp3) is 0.250. The number of methoxy groups -OCH3 is 1. The predicted octanol–water partition coefficient (Wildman–Crippen LogP) is 2.84. The molecule has 0 heterocycles. The monoisotopic (exact) mass is 240 g/mol. The van der Waals surface area contributed by atoms with Crippen molar-refractivity contribution in [2.24, 2.45) is 0 Å². The van der Waals surface area contributed by atoms with Gasteiger partial charge in [0.25, 0.3) is 0 Å². The van der Waals surface area contributed by atoms with Gasteiger partial charge >= 0.3 is 5.97 Å². The van der Waals surface area contributed by atoms with Crippen LogP contribution in [0, 0.1) is 0 Å². The van der Waals surface area contributed by atoms with E-state index in [4.69, 9.17) is 21.1 Å². The molecule has 0 saturated carbocycles. The molecule has 0 spiro atoms. The Hall–Kier alpha value is -1.48. The number of benzene rings is 1. The van der Waals surface area contributed by atoms with Crippen molar-refractivity contribution in [1.82, 2.24) is 0 Å². The number of hydrogen-bond donors (Lipinski definition) is 0. The third-order valence-corrected chi connectivity index (χ3v) is 2.14. The topological polar surface area (TPSA) is 35.5 Å². The summed E-state index contributed by atoms with van der Waals surface area (Å²) in [6.45, 7) is 2.04. The third kappa shape index (κ3) is 3.59. The summed E-state index contributed by atoms with van der Waals surface area (Å²) in [5.74, 6) is 0.240. The molecule has 16 heavy (non-hydrogen) atoms. The van der Waals surface area contributed by atoms with E-state index in [0.717, 1.165) is 11.3 Å². The smallest absolute Gasteiger partial charge is 0.349 e. The molecule has 0 aliphatic rings. The zero-order chi connectivity index (χ0) is 12.0. The second-order valence-electron chi connectivity index (χ2n) is 2.99. The molecule has 0 aliphatic heterocycles. The maximum Gasteiger partial charge on any atom is 0.349 e. The van der Waals surface area contributed by atoms with E-state index in [-0.39, 0.29) is 5.03 Å². The van der Waals surface area contributed by atoms with E-state index in [1.165, 1.54) is 0 Å². The Morgan fingerprint density at radius 1 is 1.38 bits per heavy atom. The van der Waals surface area contributed by atoms with E-state index < -0.39 is 5.97 Å². The van der Waals surface area contributed by atoms with Gasteiger partial charge in [-0.1, -0.05) is 23.7 Å². The Morgan fingerprint density at radius 3 is 2.50 bits per heavy atom. The number of carbonyl (C=O) groups is 1. The molecule has 0 bridgehead atoms. The molecule has 1 aromatic carbocycles. The first-order chi connectivity index (χ1) is 7.67. The van der Waals surface area contributed by atoms with Crippen molar-refractivity contribution in [3.63, 3.8) is 0 Å². The van der Waals surface area contributed by atoms with E-state index in [2.05, 4.69) is 0 Å². The van der Waals surface area contributed by atoms with Crippen molar-refractivity contribution in [3.05, 3.63) is 34.9 Å². The lowest BCUT2D eigenvalue weighted by atomic mass is 10.2. The summed E-state index contributed by atoms with van der Waals surface area (Å²) in [5.41, 5.74) is 0.818. The number of carbonyl (C=O) groups excluding carboxylic acids is 1. The molecule has 0 atom stereocenters. The van der Waals surface area contributed by atoms with Crippen LogP contribution >= 0.6 is 11.6 Å². The van der Waals surface area contributed by atoms with Crippen LogP contribution in [0.4, 0.5) is 0 Å². The van der Waals surface area contributed by atoms with Crippen LogP contribution in [0.2, 0.25) is 0 Å². The summed E-state index contributed by atoms with van der Waals surface area (Å²) in [6, 6.07) is 7.20. The molecule has 3 nitrogen and oxygen atoms in total. The molecule has 4 heteroatoms. The van der Waals surface area contributed by atoms with Crippen molar-refractivity contribution >= 4 is 23.6 Å². The molecule has 1 rings (SSSR count). The first kappa shape index (κ1) is 12.6. The van der Waals surface area contributed by atoms with E-state index in [1.807, 2.05) is 0 Å². The molecule has 0 aromatic heterocycles. The van der Waals surface area contributed by atoms with Crippen molar-refractivity contribution in [2.45, 2.75) is 6.92 Å². The van der Waals surface area contributed by atoms with Crippen molar-refractivity contribution < 1.29 is 14.3 Å². The van der Waals surface area contributed by atoms with Crippen LogP contribution in [-0.2, 0) is 9.53 Å². The Labute approximate surface area is 99.6 Å². The van der Waals surface area contributed by atoms with E-state index in [9.17, 15) is 4.79 Å². The normalized spacial score (nSPS) is 11.1. The summed E-state index contributed by atoms with van der Waals surface area (Å²) < 4.78 is 9.77. The lowest BCUT2D eigenvalue weighted by Crippen LogP contribution is -2.03. The average molecular weight is 241 g/mol. The first-order valence-corrected chi connectivity index (χ1v) is 5.23. The zero-order valence-electron chi connectivity index (χ0n) is 9.20. The standard InChI is InChI=1S/C12H13ClO3/c1-3-16-12(14)11(13)8-9-4-6-10(15-2)7-5-9/h4-8H,3H2,1-2H3/b11-8-. The number of esters is 1. The van der Waals surface area contributed by atoms with Gasteiger partial charge in [0.2, 0.25) is 0 Å². The number of hydrogen-bond acceptors (Lipinski definition) is 3. The molecule has 0 aliphatic carbocycles. The van der Waals surface area contributed by atoms with Gasteiger partial charge in [0.15, 0.2) is 0 Å². The second-order valence-corrected chi connectivity index (χ2v) is 3.39. The summed E-state index contributed by atoms with van der Waals surface area (Å²) in [5, 5.41) is 0.0621. The van der Waals surface area contributed by atoms with Crippen LogP contribution in [-0.4, -0.2) is 19.7 Å². The molecular weight excluding hydrogens is 228 g/mol. The number of ether oxygens (including phenoxy) is 2. The molecular formula is C12H13ClO3. The van der Waals surface area contributed by atoms with Crippen molar-refractivity contribution in [3.8, 4) is 5.75 Å². The van der Waals surface area contributed by atoms with Crippen molar-refractivity contribution in [1.29, 1.82) is 0 Å². The van der Waals surface area contributed by atoms with Gasteiger partial charge in [-0.3, -0.25) is 0 Å². The van der Waals surface area contributed by atoms with E-state index in [1.54, 1.807) is 44.4 Å². The van der Waals surface area contributed by atoms with Crippen LogP contribution in [0.1, 0.15) is 12.5 Å². The highest BCUT2D eigenvalue weighted by atomic mass is 35.5. The molecule has 0 radical (unpaired) electrons. The zero-order valence-corrected chi connectivity index (χ0v) is 9.95. The quantitative estimate of drug-likeness (QED) is 0.600. The van der Waals surface area contributed by atoms with Crippen molar-refractivity contribution in [2.75, 3.05) is 13.7 Å². The molecule has 1 aromatic rings. The predicted molar refractivity (Wildman–Crippen MR) is 63.5 cm³/mol. The van der Waals surface area contributed by atoms with E-state index in [0.29, 0.717) is 6.61 Å². The minimum atomic E-state index is -0.514. The summed E-state index contributed by atoms with van der Waals surface area (Å²) in [7, 11) is 1.59. The fourth-order valence-electron chi connectivity index (χ4n) is 1.11. The van der Waals surface area contributed by atoms with Gasteiger partial charge in [-0.05, 0) is 30.7 Å². The van der Waals surface area contributed by atoms with Crippen LogP contribution in [0.15, 0.2) is 29.3 Å². The Balaban J connectivity index is 2.77. The Bertz CT molecular complexity index is 382. The van der Waals surface area contributed by atoms with Gasteiger partial charge in [-0.15, -0.1) is 0 Å². The maximum absolute atomic E-state index is 11.2. The van der Waals surface area contributed by atoms with Gasteiger partial charge in [0.1, 0.15) is 10.8 Å². The molecule has 0 saturated heterocycles. The Kier molecular flexibility index (Phi) is 4.86. The van der Waals surface area contributed by atoms with Gasteiger partial charge in [0.05, 0.1) is 13.7 Å². The van der Waals surface area contributed by atoms with Gasteiger partial charge in [-0.2, -0.15) is 0 Å². The minimum Gasteiger partial charge on any atom is -0.497 e. The largest absolute Gasteiger partial charge is 0.497 e. The fourth-order valence-corrected chi connectivity index (χ4v) is 1.29. The van der Waals surface area contributed by atoms with E-state index >= 15 is 0 Å². The summed E-state index contributed by atoms with van der Waals surface area (Å²) >= 11 is 5.77. The highest BCUT2D eigenvalue weighted by Crippen LogP contribution is 2.16. The Morgan fingerprint density at radius 2 is 2.00 bits per heavy atom. The highest BCUT2D eigenvalue weighted by Gasteiger charge is 2.06. The first-order valence-electron chi connectivity index (χ1n) is 4.85. The van der Waals surface area contributed by atoms with Gasteiger partial charge in [-0.25, -0.2) is 4.79 Å². The highest BCUT2D eigenvalue weighted by molar-refractivity contribution is 6.43. The summed E-state index contributed by atoms with van der Waals surface area (Å²) in [6.07, 6.45) is 1.55. The SMILES string of the molecule is CCOC(=O)/C(Cl)=C/c1ccc(OC)cc1. The minimum absolute atomic E-state index is 0.0621. The molecule has 0 amide bonds. The van der Waals surface area contributed by atoms with Crippen LogP contribution in [0.3, 0.4) is 0 Å². The number of halogens is 1. The second kappa shape index (κ2) is 6.18. The van der Waals surface area contributed by atoms with Gasteiger partial charge < -0.3 is 9.47 Å². The molecule has 0 unspecified atom stereocenters. The maximum atomic E-state index is 11.2. The number of rotatable bonds is 4. The summed E-state index contributed by atoms with van der Waals surface area (Å²) in [4.78, 5) is 11.2. The van der Waals surface area contributed by atoms with Crippen LogP contribution in [0.5, 0.6) is 5.75 Å². The molecule has 0 fully saturated rings. The van der Waals surface area contributed by atoms with Crippen LogP contribution < -0.4 is 4.74 Å². The molecule has 86 valence electrons. The lowest BCUT2D eigenvalue weighted by molar-refractivity contribution is -0.137.